The Labute approximate surface area is 105 Å². The number of aromatic hydroxyl groups is 1. The van der Waals surface area contributed by atoms with Gasteiger partial charge in [-0.05, 0) is 24.6 Å². The molecule has 0 saturated carbocycles. The van der Waals surface area contributed by atoms with E-state index in [9.17, 15) is 9.90 Å². The van der Waals surface area contributed by atoms with Gasteiger partial charge in [-0.2, -0.15) is 0 Å². The summed E-state index contributed by atoms with van der Waals surface area (Å²) >= 11 is 5.65. The lowest BCUT2D eigenvalue weighted by Gasteiger charge is -2.06. The molecule has 17 heavy (non-hydrogen) atoms. The van der Waals surface area contributed by atoms with Crippen molar-refractivity contribution in [2.75, 3.05) is 6.54 Å². The van der Waals surface area contributed by atoms with Gasteiger partial charge in [0.15, 0.2) is 0 Å². The fourth-order valence-corrected chi connectivity index (χ4v) is 1.45. The molecule has 4 nitrogen and oxygen atoms in total. The SMILES string of the molecule is C=C(O)CCCNC(=O)c1ccc(Cl)cc1O. The molecule has 1 aromatic rings. The number of nitrogens with one attached hydrogen (secondary N) is 1. The van der Waals surface area contributed by atoms with Crippen molar-refractivity contribution in [1.82, 2.24) is 5.32 Å². The zero-order valence-corrected chi connectivity index (χ0v) is 10.00. The quantitative estimate of drug-likeness (QED) is 0.560. The van der Waals surface area contributed by atoms with Gasteiger partial charge in [-0.1, -0.05) is 18.2 Å². The lowest BCUT2D eigenvalue weighted by Crippen LogP contribution is -2.24. The maximum atomic E-state index is 11.6. The molecule has 0 radical (unpaired) electrons. The first-order valence-electron chi connectivity index (χ1n) is 5.14. The Balaban J connectivity index is 2.50. The summed E-state index contributed by atoms with van der Waals surface area (Å²) in [6.07, 6.45) is 1.03. The van der Waals surface area contributed by atoms with Crippen LogP contribution in [0.25, 0.3) is 0 Å². The van der Waals surface area contributed by atoms with Crippen LogP contribution in [0, 0.1) is 0 Å². The van der Waals surface area contributed by atoms with Gasteiger partial charge in [0.2, 0.25) is 0 Å². The van der Waals surface area contributed by atoms with Gasteiger partial charge >= 0.3 is 0 Å². The number of carbonyl (C=O) groups is 1. The Morgan fingerprint density at radius 3 is 2.76 bits per heavy atom. The summed E-state index contributed by atoms with van der Waals surface area (Å²) in [7, 11) is 0. The van der Waals surface area contributed by atoms with Crippen molar-refractivity contribution in [3.8, 4) is 5.75 Å². The first-order valence-corrected chi connectivity index (χ1v) is 5.52. The predicted octanol–water partition coefficient (Wildman–Crippen LogP) is 2.63. The lowest BCUT2D eigenvalue weighted by molar-refractivity contribution is 0.0950. The van der Waals surface area contributed by atoms with E-state index in [1.807, 2.05) is 0 Å². The maximum absolute atomic E-state index is 11.6. The van der Waals surface area contributed by atoms with Crippen LogP contribution in [0.15, 0.2) is 30.5 Å². The highest BCUT2D eigenvalue weighted by Gasteiger charge is 2.10. The summed E-state index contributed by atoms with van der Waals surface area (Å²) in [4.78, 5) is 11.6. The number of phenolic OH excluding ortho intramolecular Hbond substituents is 1. The van der Waals surface area contributed by atoms with Crippen molar-refractivity contribution in [1.29, 1.82) is 0 Å². The Morgan fingerprint density at radius 1 is 1.47 bits per heavy atom. The summed E-state index contributed by atoms with van der Waals surface area (Å²) in [5.74, 6) is -0.433. The van der Waals surface area contributed by atoms with E-state index in [-0.39, 0.29) is 23.0 Å². The number of aliphatic hydroxyl groups is 1. The summed E-state index contributed by atoms with van der Waals surface area (Å²) in [5, 5.41) is 21.3. The van der Waals surface area contributed by atoms with Gasteiger partial charge in [0, 0.05) is 18.0 Å². The van der Waals surface area contributed by atoms with E-state index in [1.165, 1.54) is 18.2 Å². The molecule has 1 rings (SSSR count). The molecule has 0 unspecified atom stereocenters. The zero-order chi connectivity index (χ0) is 12.8. The minimum atomic E-state index is -0.372. The van der Waals surface area contributed by atoms with Crippen molar-refractivity contribution in [3.63, 3.8) is 0 Å². The number of hydrogen-bond acceptors (Lipinski definition) is 3. The molecule has 1 amide bonds. The summed E-state index contributed by atoms with van der Waals surface area (Å²) in [5.41, 5.74) is 0.178. The van der Waals surface area contributed by atoms with Crippen LogP contribution in [0.4, 0.5) is 0 Å². The van der Waals surface area contributed by atoms with E-state index in [2.05, 4.69) is 11.9 Å². The van der Waals surface area contributed by atoms with Gasteiger partial charge in [-0.15, -0.1) is 0 Å². The van der Waals surface area contributed by atoms with E-state index in [0.717, 1.165) is 0 Å². The third kappa shape index (κ3) is 4.36. The molecular weight excluding hydrogens is 242 g/mol. The van der Waals surface area contributed by atoms with Crippen LogP contribution in [0.1, 0.15) is 23.2 Å². The number of hydrogen-bond donors (Lipinski definition) is 3. The molecule has 0 aliphatic heterocycles. The molecule has 0 aliphatic rings. The molecule has 0 aromatic heterocycles. The number of benzene rings is 1. The Morgan fingerprint density at radius 2 is 2.18 bits per heavy atom. The molecule has 3 N–H and O–H groups in total. The van der Waals surface area contributed by atoms with Crippen LogP contribution < -0.4 is 5.32 Å². The Kier molecular flexibility index (Phi) is 4.84. The number of aliphatic hydroxyl groups excluding tert-OH is 1. The van der Waals surface area contributed by atoms with Crippen molar-refractivity contribution >= 4 is 17.5 Å². The van der Waals surface area contributed by atoms with Gasteiger partial charge in [-0.3, -0.25) is 4.79 Å². The smallest absolute Gasteiger partial charge is 0.255 e. The third-order valence-corrected chi connectivity index (χ3v) is 2.37. The van der Waals surface area contributed by atoms with Crippen LogP contribution in [0.2, 0.25) is 5.02 Å². The number of carbonyl (C=O) groups excluding carboxylic acids is 1. The van der Waals surface area contributed by atoms with E-state index >= 15 is 0 Å². The van der Waals surface area contributed by atoms with Gasteiger partial charge in [0.05, 0.1) is 11.3 Å². The van der Waals surface area contributed by atoms with Gasteiger partial charge in [0.25, 0.3) is 5.91 Å². The van der Waals surface area contributed by atoms with Crippen LogP contribution in [0.3, 0.4) is 0 Å². The minimum absolute atomic E-state index is 0.0913. The topological polar surface area (TPSA) is 69.6 Å². The molecule has 0 saturated heterocycles. The monoisotopic (exact) mass is 255 g/mol. The number of phenols is 1. The van der Waals surface area contributed by atoms with Gasteiger partial charge in [0.1, 0.15) is 5.75 Å². The van der Waals surface area contributed by atoms with E-state index < -0.39 is 0 Å². The van der Waals surface area contributed by atoms with Gasteiger partial charge in [-0.25, -0.2) is 0 Å². The predicted molar refractivity (Wildman–Crippen MR) is 66.5 cm³/mol. The van der Waals surface area contributed by atoms with Crippen LogP contribution in [0.5, 0.6) is 5.75 Å². The van der Waals surface area contributed by atoms with Crippen molar-refractivity contribution in [2.24, 2.45) is 0 Å². The van der Waals surface area contributed by atoms with Crippen molar-refractivity contribution < 1.29 is 15.0 Å². The normalized spacial score (nSPS) is 9.94. The van der Waals surface area contributed by atoms with Gasteiger partial charge < -0.3 is 15.5 Å². The number of rotatable bonds is 5. The number of halogens is 1. The van der Waals surface area contributed by atoms with E-state index in [1.54, 1.807) is 0 Å². The first kappa shape index (κ1) is 13.4. The molecule has 0 spiro atoms. The molecule has 92 valence electrons. The average Bonchev–Trinajstić information content (AvgIpc) is 2.23. The molecular formula is C12H14ClNO3. The molecule has 0 bridgehead atoms. The maximum Gasteiger partial charge on any atom is 0.255 e. The molecule has 0 fully saturated rings. The second kappa shape index (κ2) is 6.15. The first-order chi connectivity index (χ1) is 8.00. The van der Waals surface area contributed by atoms with E-state index in [4.69, 9.17) is 16.7 Å². The fourth-order valence-electron chi connectivity index (χ4n) is 1.29. The lowest BCUT2D eigenvalue weighted by atomic mass is 10.2. The molecule has 0 aliphatic carbocycles. The Bertz CT molecular complexity index is 432. The minimum Gasteiger partial charge on any atom is -0.513 e. The van der Waals surface area contributed by atoms with Crippen LogP contribution >= 0.6 is 11.6 Å². The second-order valence-electron chi connectivity index (χ2n) is 3.59. The van der Waals surface area contributed by atoms with Crippen molar-refractivity contribution in [3.05, 3.63) is 41.1 Å². The summed E-state index contributed by atoms with van der Waals surface area (Å²) in [6.45, 7) is 3.75. The molecule has 0 atom stereocenters. The number of amides is 1. The molecule has 1 aromatic carbocycles. The van der Waals surface area contributed by atoms with E-state index in [0.29, 0.717) is 24.4 Å². The highest BCUT2D eigenvalue weighted by molar-refractivity contribution is 6.30. The summed E-state index contributed by atoms with van der Waals surface area (Å²) in [6, 6.07) is 4.30. The average molecular weight is 256 g/mol. The molecule has 0 heterocycles. The fraction of sp³-hybridized carbons (Fsp3) is 0.250. The highest BCUT2D eigenvalue weighted by atomic mass is 35.5. The third-order valence-electron chi connectivity index (χ3n) is 2.13. The Hall–Kier alpha value is -1.68. The summed E-state index contributed by atoms with van der Waals surface area (Å²) < 4.78 is 0. The zero-order valence-electron chi connectivity index (χ0n) is 9.24. The van der Waals surface area contributed by atoms with Crippen molar-refractivity contribution in [2.45, 2.75) is 12.8 Å². The largest absolute Gasteiger partial charge is 0.513 e. The highest BCUT2D eigenvalue weighted by Crippen LogP contribution is 2.21. The second-order valence-corrected chi connectivity index (χ2v) is 4.02. The van der Waals surface area contributed by atoms with Crippen LogP contribution in [-0.2, 0) is 0 Å². The van der Waals surface area contributed by atoms with Crippen LogP contribution in [-0.4, -0.2) is 22.7 Å². The molecule has 5 heteroatoms. The standard InChI is InChI=1S/C12H14ClNO3/c1-8(15)3-2-6-14-12(17)10-5-4-9(13)7-11(10)16/h4-5,7,15-16H,1-3,6H2,(H,14,17). The number of allylic oxidation sites excluding steroid dienone is 1.